The molecule has 1 fully saturated rings. The van der Waals surface area contributed by atoms with Gasteiger partial charge < -0.3 is 0 Å². The second kappa shape index (κ2) is 7.60. The first-order valence-corrected chi connectivity index (χ1v) is 7.70. The Bertz CT molecular complexity index is 308. The first-order valence-electron chi connectivity index (χ1n) is 7.70. The molecule has 1 saturated carbocycles. The summed E-state index contributed by atoms with van der Waals surface area (Å²) in [7, 11) is 0. The van der Waals surface area contributed by atoms with E-state index < -0.39 is 0 Å². The Hall–Kier alpha value is -0.790. The highest BCUT2D eigenvalue weighted by molar-refractivity contribution is 5.91. The summed E-state index contributed by atoms with van der Waals surface area (Å²) in [5, 5.41) is 4.50. The molecule has 18 heavy (non-hydrogen) atoms. The highest BCUT2D eigenvalue weighted by Gasteiger charge is 2.27. The van der Waals surface area contributed by atoms with Crippen molar-refractivity contribution >= 4 is 5.71 Å². The van der Waals surface area contributed by atoms with Gasteiger partial charge in [0.1, 0.15) is 0 Å². The average molecular weight is 252 g/mol. The highest BCUT2D eigenvalue weighted by Crippen LogP contribution is 2.33. The monoisotopic (exact) mass is 252 g/mol. The van der Waals surface area contributed by atoms with Gasteiger partial charge in [-0.25, -0.2) is 0 Å². The second-order valence-corrected chi connectivity index (χ2v) is 5.67. The maximum absolute atomic E-state index is 4.50. The van der Waals surface area contributed by atoms with E-state index in [2.05, 4.69) is 37.5 Å². The zero-order valence-corrected chi connectivity index (χ0v) is 12.8. The first-order chi connectivity index (χ1) is 8.68. The smallest absolute Gasteiger partial charge is 0.0479 e. The third-order valence-electron chi connectivity index (χ3n) is 3.95. The summed E-state index contributed by atoms with van der Waals surface area (Å²) in [5.74, 6) is 2.09. The Balaban J connectivity index is 0.00000103. The number of nitrogens with one attached hydrogen (secondary N) is 1. The molecule has 2 nitrogen and oxygen atoms in total. The van der Waals surface area contributed by atoms with Crippen molar-refractivity contribution in [2.45, 2.75) is 66.7 Å². The van der Waals surface area contributed by atoms with E-state index in [4.69, 9.17) is 0 Å². The Labute approximate surface area is 114 Å². The summed E-state index contributed by atoms with van der Waals surface area (Å²) in [6, 6.07) is 0. The molecule has 2 unspecified atom stereocenters. The molecule has 0 aromatic carbocycles. The molecule has 0 aromatic rings. The van der Waals surface area contributed by atoms with Crippen LogP contribution in [-0.2, 0) is 0 Å². The first kappa shape index (κ1) is 15.3. The van der Waals surface area contributed by atoms with Crippen LogP contribution >= 0.6 is 0 Å². The number of allylic oxidation sites excluding steroid dienone is 1. The average Bonchev–Trinajstić information content (AvgIpc) is 2.36. The summed E-state index contributed by atoms with van der Waals surface area (Å²) in [4.78, 5) is 0. The van der Waals surface area contributed by atoms with Crippen molar-refractivity contribution in [1.82, 2.24) is 5.43 Å². The van der Waals surface area contributed by atoms with Crippen LogP contribution in [0.5, 0.6) is 0 Å². The van der Waals surface area contributed by atoms with Gasteiger partial charge in [0.15, 0.2) is 0 Å². The van der Waals surface area contributed by atoms with Crippen LogP contribution in [0.25, 0.3) is 0 Å². The van der Waals surface area contributed by atoms with Crippen molar-refractivity contribution in [3.8, 4) is 0 Å². The Morgan fingerprint density at radius 1 is 1.28 bits per heavy atom. The predicted octanol–water partition coefficient (Wildman–Crippen LogP) is 4.97. The summed E-state index contributed by atoms with van der Waals surface area (Å²) >= 11 is 0. The SMILES string of the molecule is CC.CC1CCCC2=CNN=C(C(C)C)C2CC1.[HH]. The molecule has 1 heterocycles. The summed E-state index contributed by atoms with van der Waals surface area (Å²) < 4.78 is 0. The van der Waals surface area contributed by atoms with Crippen LogP contribution in [-0.4, -0.2) is 5.71 Å². The molecular weight excluding hydrogens is 220 g/mol. The van der Waals surface area contributed by atoms with Gasteiger partial charge in [-0.3, -0.25) is 5.43 Å². The van der Waals surface area contributed by atoms with Crippen LogP contribution in [0.2, 0.25) is 0 Å². The van der Waals surface area contributed by atoms with Crippen LogP contribution in [0.3, 0.4) is 0 Å². The molecule has 0 radical (unpaired) electrons. The maximum Gasteiger partial charge on any atom is 0.0479 e. The molecule has 106 valence electrons. The van der Waals surface area contributed by atoms with Gasteiger partial charge in [0, 0.05) is 19.3 Å². The van der Waals surface area contributed by atoms with Gasteiger partial charge in [-0.2, -0.15) is 5.10 Å². The largest absolute Gasteiger partial charge is 0.286 e. The molecule has 1 aliphatic carbocycles. The number of hydrazone groups is 1. The zero-order valence-electron chi connectivity index (χ0n) is 12.8. The van der Waals surface area contributed by atoms with Crippen LogP contribution in [0.1, 0.15) is 68.1 Å². The molecule has 0 aromatic heterocycles. The van der Waals surface area contributed by atoms with E-state index in [0.29, 0.717) is 11.8 Å². The lowest BCUT2D eigenvalue weighted by Crippen LogP contribution is -2.29. The molecule has 0 amide bonds. The summed E-state index contributed by atoms with van der Waals surface area (Å²) in [6.45, 7) is 10.9. The predicted molar refractivity (Wildman–Crippen MR) is 82.7 cm³/mol. The van der Waals surface area contributed by atoms with Crippen molar-refractivity contribution < 1.29 is 1.43 Å². The van der Waals surface area contributed by atoms with Gasteiger partial charge in [0.2, 0.25) is 0 Å². The lowest BCUT2D eigenvalue weighted by molar-refractivity contribution is 0.408. The van der Waals surface area contributed by atoms with Crippen molar-refractivity contribution in [2.24, 2.45) is 22.9 Å². The van der Waals surface area contributed by atoms with Gasteiger partial charge in [-0.15, -0.1) is 0 Å². The molecule has 2 aliphatic rings. The molecule has 0 bridgehead atoms. The standard InChI is InChI=1S/C14H24N2.C2H6.H2/c1-10(2)14-13-8-7-11(3)5-4-6-12(13)9-15-16-14;1-2;/h9-11,13,15H,4-8H2,1-3H3;1-2H3;1H. The molecule has 2 atom stereocenters. The molecule has 2 heteroatoms. The lowest BCUT2D eigenvalue weighted by Gasteiger charge is -2.30. The molecule has 1 aliphatic heterocycles. The van der Waals surface area contributed by atoms with Gasteiger partial charge in [-0.05, 0) is 43.1 Å². The van der Waals surface area contributed by atoms with Crippen molar-refractivity contribution in [3.63, 3.8) is 0 Å². The van der Waals surface area contributed by atoms with E-state index in [0.717, 1.165) is 5.92 Å². The number of rotatable bonds is 1. The summed E-state index contributed by atoms with van der Waals surface area (Å²) in [6.07, 6.45) is 8.79. The number of fused-ring (bicyclic) bond motifs is 1. The van der Waals surface area contributed by atoms with Gasteiger partial charge in [0.05, 0.1) is 0 Å². The topological polar surface area (TPSA) is 24.4 Å². The van der Waals surface area contributed by atoms with E-state index in [1.54, 1.807) is 5.57 Å². The fraction of sp³-hybridized carbons (Fsp3) is 0.812. The van der Waals surface area contributed by atoms with Crippen molar-refractivity contribution in [1.29, 1.82) is 0 Å². The van der Waals surface area contributed by atoms with E-state index in [1.165, 1.54) is 37.8 Å². The Morgan fingerprint density at radius 3 is 2.67 bits per heavy atom. The van der Waals surface area contributed by atoms with E-state index in [-0.39, 0.29) is 1.43 Å². The fourth-order valence-electron chi connectivity index (χ4n) is 2.92. The Kier molecular flexibility index (Phi) is 6.45. The normalized spacial score (nSPS) is 27.7. The minimum atomic E-state index is 0. The van der Waals surface area contributed by atoms with E-state index >= 15 is 0 Å². The third-order valence-corrected chi connectivity index (χ3v) is 3.95. The van der Waals surface area contributed by atoms with Crippen LogP contribution in [0.4, 0.5) is 0 Å². The fourth-order valence-corrected chi connectivity index (χ4v) is 2.92. The number of hydrogen-bond acceptors (Lipinski definition) is 2. The molecule has 1 N–H and O–H groups in total. The summed E-state index contributed by atoms with van der Waals surface area (Å²) in [5.41, 5.74) is 6.06. The maximum atomic E-state index is 4.50. The number of nitrogens with zero attached hydrogens (tertiary/aromatic N) is 1. The van der Waals surface area contributed by atoms with Crippen LogP contribution < -0.4 is 5.43 Å². The quantitative estimate of drug-likeness (QED) is 0.699. The van der Waals surface area contributed by atoms with Gasteiger partial charge in [0.25, 0.3) is 0 Å². The Morgan fingerprint density at radius 2 is 2.00 bits per heavy atom. The minimum Gasteiger partial charge on any atom is -0.286 e. The minimum absolute atomic E-state index is 0. The van der Waals surface area contributed by atoms with E-state index in [1.807, 2.05) is 13.8 Å². The van der Waals surface area contributed by atoms with Crippen molar-refractivity contribution in [2.75, 3.05) is 0 Å². The van der Waals surface area contributed by atoms with Crippen LogP contribution in [0.15, 0.2) is 16.9 Å². The van der Waals surface area contributed by atoms with E-state index in [9.17, 15) is 0 Å². The molecule has 0 spiro atoms. The third kappa shape index (κ3) is 3.86. The zero-order chi connectivity index (χ0) is 13.5. The van der Waals surface area contributed by atoms with Gasteiger partial charge in [-0.1, -0.05) is 41.0 Å². The molecular formula is C16H32N2. The molecule has 0 saturated heterocycles. The van der Waals surface area contributed by atoms with Gasteiger partial charge >= 0.3 is 0 Å². The highest BCUT2D eigenvalue weighted by atomic mass is 15.3. The number of hydrogen-bond donors (Lipinski definition) is 1. The van der Waals surface area contributed by atoms with Crippen LogP contribution in [0, 0.1) is 17.8 Å². The lowest BCUT2D eigenvalue weighted by atomic mass is 9.78. The molecule has 2 rings (SSSR count). The van der Waals surface area contributed by atoms with Crippen molar-refractivity contribution in [3.05, 3.63) is 11.8 Å². The second-order valence-electron chi connectivity index (χ2n) is 5.67.